The molecule has 27 heavy (non-hydrogen) atoms. The van der Waals surface area contributed by atoms with E-state index in [2.05, 4.69) is 15.5 Å². The largest absolute Gasteiger partial charge is 0.349 e. The number of anilines is 1. The third-order valence-corrected chi connectivity index (χ3v) is 5.07. The number of rotatable bonds is 5. The van der Waals surface area contributed by atoms with Crippen molar-refractivity contribution < 1.29 is 9.59 Å². The molecule has 0 bridgehead atoms. The van der Waals surface area contributed by atoms with Crippen LogP contribution in [0, 0.1) is 0 Å². The Balaban J connectivity index is 1.44. The number of likely N-dealkylation sites (tertiary alicyclic amines) is 1. The molecule has 2 aromatic rings. The monoisotopic (exact) mass is 405 g/mol. The predicted molar refractivity (Wildman–Crippen MR) is 108 cm³/mol. The molecule has 1 aliphatic rings. The Bertz CT molecular complexity index is 806. The summed E-state index contributed by atoms with van der Waals surface area (Å²) in [5.41, 5.74) is 1.22. The summed E-state index contributed by atoms with van der Waals surface area (Å²) >= 11 is 12.0. The number of piperidine rings is 1. The lowest BCUT2D eigenvalue weighted by Crippen LogP contribution is -2.46. The number of hydrogen-bond donors (Lipinski definition) is 2. The minimum atomic E-state index is -0.197. The summed E-state index contributed by atoms with van der Waals surface area (Å²) in [5.74, 6) is -0.228. The number of carbonyl (C=O) groups is 2. The molecule has 0 unspecified atom stereocenters. The van der Waals surface area contributed by atoms with Gasteiger partial charge in [0.05, 0.1) is 17.1 Å². The maximum Gasteiger partial charge on any atom is 0.253 e. The van der Waals surface area contributed by atoms with Crippen molar-refractivity contribution in [3.05, 3.63) is 64.1 Å². The van der Waals surface area contributed by atoms with Crippen LogP contribution in [-0.2, 0) is 4.79 Å². The van der Waals surface area contributed by atoms with Gasteiger partial charge < -0.3 is 10.6 Å². The summed E-state index contributed by atoms with van der Waals surface area (Å²) in [6, 6.07) is 14.3. The van der Waals surface area contributed by atoms with E-state index in [-0.39, 0.29) is 17.9 Å². The molecule has 0 aromatic heterocycles. The molecule has 0 atom stereocenters. The second kappa shape index (κ2) is 9.22. The molecule has 3 rings (SSSR count). The minimum absolute atomic E-state index is 0.0309. The van der Waals surface area contributed by atoms with Crippen LogP contribution >= 0.6 is 23.2 Å². The van der Waals surface area contributed by atoms with Gasteiger partial charge in [-0.3, -0.25) is 14.5 Å². The highest BCUT2D eigenvalue weighted by atomic mass is 35.5. The summed E-state index contributed by atoms with van der Waals surface area (Å²) < 4.78 is 0. The number of para-hydroxylation sites is 1. The zero-order chi connectivity index (χ0) is 19.2. The molecule has 0 saturated carbocycles. The van der Waals surface area contributed by atoms with E-state index in [4.69, 9.17) is 23.2 Å². The van der Waals surface area contributed by atoms with Gasteiger partial charge in [0, 0.05) is 29.8 Å². The first-order chi connectivity index (χ1) is 13.0. The summed E-state index contributed by atoms with van der Waals surface area (Å²) in [5, 5.41) is 6.75. The van der Waals surface area contributed by atoms with E-state index in [1.165, 1.54) is 0 Å². The molecule has 2 amide bonds. The number of benzene rings is 2. The Hall–Kier alpha value is -2.08. The fourth-order valence-corrected chi connectivity index (χ4v) is 3.59. The van der Waals surface area contributed by atoms with E-state index < -0.39 is 0 Å². The molecular formula is C20H21Cl2N3O2. The number of halogens is 2. The van der Waals surface area contributed by atoms with Gasteiger partial charge in [-0.25, -0.2) is 0 Å². The topological polar surface area (TPSA) is 61.4 Å². The van der Waals surface area contributed by atoms with Crippen LogP contribution in [0.2, 0.25) is 10.0 Å². The highest BCUT2D eigenvalue weighted by Crippen LogP contribution is 2.21. The maximum atomic E-state index is 12.4. The average molecular weight is 406 g/mol. The standard InChI is InChI=1S/C20H21Cl2N3O2/c21-14-6-7-17(18(22)12-14)20(27)24-16-8-10-25(11-9-16)13-19(26)23-15-4-2-1-3-5-15/h1-7,12,16H,8-11,13H2,(H,23,26)(H,24,27). The predicted octanol–water partition coefficient (Wildman–Crippen LogP) is 3.83. The third-order valence-electron chi connectivity index (χ3n) is 4.52. The summed E-state index contributed by atoms with van der Waals surface area (Å²) in [6.07, 6.45) is 1.57. The Morgan fingerprint density at radius 3 is 2.41 bits per heavy atom. The number of nitrogens with one attached hydrogen (secondary N) is 2. The lowest BCUT2D eigenvalue weighted by atomic mass is 10.0. The van der Waals surface area contributed by atoms with Crippen molar-refractivity contribution in [2.24, 2.45) is 0 Å². The second-order valence-corrected chi connectivity index (χ2v) is 7.41. The van der Waals surface area contributed by atoms with E-state index in [0.29, 0.717) is 22.2 Å². The number of amides is 2. The summed E-state index contributed by atoms with van der Waals surface area (Å²) in [7, 11) is 0. The molecule has 0 spiro atoms. The SMILES string of the molecule is O=C(CN1CCC(NC(=O)c2ccc(Cl)cc2Cl)CC1)Nc1ccccc1. The van der Waals surface area contributed by atoms with E-state index >= 15 is 0 Å². The van der Waals surface area contributed by atoms with E-state index in [9.17, 15) is 9.59 Å². The van der Waals surface area contributed by atoms with E-state index in [1.54, 1.807) is 18.2 Å². The smallest absolute Gasteiger partial charge is 0.253 e. The van der Waals surface area contributed by atoms with Crippen molar-refractivity contribution in [3.63, 3.8) is 0 Å². The van der Waals surface area contributed by atoms with Crippen LogP contribution < -0.4 is 10.6 Å². The Morgan fingerprint density at radius 1 is 1.04 bits per heavy atom. The molecule has 0 radical (unpaired) electrons. The van der Waals surface area contributed by atoms with Crippen LogP contribution in [0.4, 0.5) is 5.69 Å². The van der Waals surface area contributed by atoms with Crippen LogP contribution in [0.15, 0.2) is 48.5 Å². The number of hydrogen-bond acceptors (Lipinski definition) is 3. The molecule has 1 fully saturated rings. The Morgan fingerprint density at radius 2 is 1.74 bits per heavy atom. The van der Waals surface area contributed by atoms with Gasteiger partial charge in [0.2, 0.25) is 5.91 Å². The molecule has 1 heterocycles. The van der Waals surface area contributed by atoms with Crippen molar-refractivity contribution in [2.75, 3.05) is 25.0 Å². The third kappa shape index (κ3) is 5.70. The van der Waals surface area contributed by atoms with Gasteiger partial charge in [-0.05, 0) is 43.2 Å². The second-order valence-electron chi connectivity index (χ2n) is 6.56. The molecule has 0 aliphatic carbocycles. The van der Waals surface area contributed by atoms with Gasteiger partial charge in [0.1, 0.15) is 0 Å². The van der Waals surface area contributed by atoms with Gasteiger partial charge in [0.25, 0.3) is 5.91 Å². The lowest BCUT2D eigenvalue weighted by molar-refractivity contribution is -0.117. The van der Waals surface area contributed by atoms with Crippen LogP contribution in [-0.4, -0.2) is 42.4 Å². The van der Waals surface area contributed by atoms with Crippen molar-refractivity contribution in [1.29, 1.82) is 0 Å². The molecule has 2 N–H and O–H groups in total. The molecule has 1 aliphatic heterocycles. The first-order valence-corrected chi connectivity index (χ1v) is 9.60. The van der Waals surface area contributed by atoms with Gasteiger partial charge in [0.15, 0.2) is 0 Å². The number of carbonyl (C=O) groups excluding carboxylic acids is 2. The minimum Gasteiger partial charge on any atom is -0.349 e. The Kier molecular flexibility index (Phi) is 6.72. The highest BCUT2D eigenvalue weighted by molar-refractivity contribution is 6.36. The molecule has 5 nitrogen and oxygen atoms in total. The number of nitrogens with zero attached hydrogens (tertiary/aromatic N) is 1. The van der Waals surface area contributed by atoms with Crippen molar-refractivity contribution in [3.8, 4) is 0 Å². The van der Waals surface area contributed by atoms with Crippen LogP contribution in [0.3, 0.4) is 0 Å². The fraction of sp³-hybridized carbons (Fsp3) is 0.300. The van der Waals surface area contributed by atoms with E-state index in [0.717, 1.165) is 31.6 Å². The van der Waals surface area contributed by atoms with Crippen LogP contribution in [0.1, 0.15) is 23.2 Å². The van der Waals surface area contributed by atoms with Gasteiger partial charge in [-0.15, -0.1) is 0 Å². The summed E-state index contributed by atoms with van der Waals surface area (Å²) in [6.45, 7) is 1.85. The van der Waals surface area contributed by atoms with Gasteiger partial charge in [-0.2, -0.15) is 0 Å². The molecule has 142 valence electrons. The van der Waals surface area contributed by atoms with Crippen molar-refractivity contribution in [2.45, 2.75) is 18.9 Å². The zero-order valence-corrected chi connectivity index (χ0v) is 16.3. The van der Waals surface area contributed by atoms with Gasteiger partial charge >= 0.3 is 0 Å². The average Bonchev–Trinajstić information content (AvgIpc) is 2.64. The molecule has 1 saturated heterocycles. The fourth-order valence-electron chi connectivity index (χ4n) is 3.10. The van der Waals surface area contributed by atoms with Crippen LogP contribution in [0.5, 0.6) is 0 Å². The zero-order valence-electron chi connectivity index (χ0n) is 14.8. The quantitative estimate of drug-likeness (QED) is 0.794. The van der Waals surface area contributed by atoms with Gasteiger partial charge in [-0.1, -0.05) is 41.4 Å². The van der Waals surface area contributed by atoms with Crippen molar-refractivity contribution in [1.82, 2.24) is 10.2 Å². The highest BCUT2D eigenvalue weighted by Gasteiger charge is 2.23. The molecule has 7 heteroatoms. The first-order valence-electron chi connectivity index (χ1n) is 8.84. The maximum absolute atomic E-state index is 12.4. The summed E-state index contributed by atoms with van der Waals surface area (Å²) in [4.78, 5) is 26.6. The van der Waals surface area contributed by atoms with E-state index in [1.807, 2.05) is 30.3 Å². The molecule has 2 aromatic carbocycles. The Labute approximate surface area is 168 Å². The normalized spacial score (nSPS) is 15.3. The van der Waals surface area contributed by atoms with Crippen LogP contribution in [0.25, 0.3) is 0 Å². The first kappa shape index (κ1) is 19.7. The molecular weight excluding hydrogens is 385 g/mol. The van der Waals surface area contributed by atoms with Crippen molar-refractivity contribution >= 4 is 40.7 Å². The lowest BCUT2D eigenvalue weighted by Gasteiger charge is -2.31.